The van der Waals surface area contributed by atoms with E-state index < -0.39 is 0 Å². The SMILES string of the molecule is O=c1c2c(-c3ccc(Br)cc3)csc2ncn1Cc1ccccc1F. The number of hydrogen-bond acceptors (Lipinski definition) is 3. The fraction of sp³-hybridized carbons (Fsp3) is 0.0526. The topological polar surface area (TPSA) is 34.9 Å². The minimum Gasteiger partial charge on any atom is -0.294 e. The molecule has 2 heterocycles. The summed E-state index contributed by atoms with van der Waals surface area (Å²) < 4.78 is 16.3. The zero-order valence-electron chi connectivity index (χ0n) is 12.9. The second kappa shape index (κ2) is 6.54. The first-order valence-electron chi connectivity index (χ1n) is 7.59. The zero-order chi connectivity index (χ0) is 17.4. The smallest absolute Gasteiger partial charge is 0.263 e. The minimum absolute atomic E-state index is 0.157. The molecule has 124 valence electrons. The molecule has 0 unspecified atom stereocenters. The van der Waals surface area contributed by atoms with Gasteiger partial charge < -0.3 is 0 Å². The molecular formula is C19H12BrFN2OS. The molecule has 0 N–H and O–H groups in total. The van der Waals surface area contributed by atoms with E-state index in [9.17, 15) is 9.18 Å². The second-order valence-corrected chi connectivity index (χ2v) is 7.38. The van der Waals surface area contributed by atoms with Crippen molar-refractivity contribution in [3.05, 3.63) is 86.4 Å². The first-order valence-corrected chi connectivity index (χ1v) is 9.27. The van der Waals surface area contributed by atoms with Crippen LogP contribution in [0.15, 0.2) is 69.5 Å². The summed E-state index contributed by atoms with van der Waals surface area (Å²) in [6.07, 6.45) is 1.49. The van der Waals surface area contributed by atoms with Gasteiger partial charge in [0, 0.05) is 21.0 Å². The van der Waals surface area contributed by atoms with Crippen molar-refractivity contribution in [2.75, 3.05) is 0 Å². The average molecular weight is 415 g/mol. The van der Waals surface area contributed by atoms with Gasteiger partial charge in [-0.3, -0.25) is 9.36 Å². The van der Waals surface area contributed by atoms with Gasteiger partial charge in [0.1, 0.15) is 10.6 Å². The van der Waals surface area contributed by atoms with Gasteiger partial charge in [0.2, 0.25) is 0 Å². The number of halogens is 2. The van der Waals surface area contributed by atoms with Gasteiger partial charge in [-0.25, -0.2) is 9.37 Å². The molecule has 4 rings (SSSR count). The molecule has 2 aromatic carbocycles. The summed E-state index contributed by atoms with van der Waals surface area (Å²) in [6.45, 7) is 0.157. The lowest BCUT2D eigenvalue weighted by Gasteiger charge is -2.07. The van der Waals surface area contributed by atoms with Gasteiger partial charge >= 0.3 is 0 Å². The molecule has 0 saturated carbocycles. The van der Waals surface area contributed by atoms with Crippen LogP contribution in [0.25, 0.3) is 21.3 Å². The van der Waals surface area contributed by atoms with Crippen LogP contribution >= 0.6 is 27.3 Å². The molecule has 0 saturated heterocycles. The van der Waals surface area contributed by atoms with Crippen LogP contribution in [0.2, 0.25) is 0 Å². The van der Waals surface area contributed by atoms with Crippen LogP contribution in [0.4, 0.5) is 4.39 Å². The molecule has 0 amide bonds. The van der Waals surface area contributed by atoms with Gasteiger partial charge in [-0.15, -0.1) is 11.3 Å². The largest absolute Gasteiger partial charge is 0.294 e. The number of thiophene rings is 1. The molecule has 0 bridgehead atoms. The Labute approximate surface area is 155 Å². The van der Waals surface area contributed by atoms with Crippen molar-refractivity contribution < 1.29 is 4.39 Å². The number of benzene rings is 2. The summed E-state index contributed by atoms with van der Waals surface area (Å²) in [4.78, 5) is 18.0. The summed E-state index contributed by atoms with van der Waals surface area (Å²) in [5, 5.41) is 2.52. The van der Waals surface area contributed by atoms with Crippen LogP contribution in [-0.4, -0.2) is 9.55 Å². The highest BCUT2D eigenvalue weighted by molar-refractivity contribution is 9.10. The standard InChI is InChI=1S/C19H12BrFN2OS/c20-14-7-5-12(6-8-14)15-10-25-18-17(15)19(24)23(11-22-18)9-13-3-1-2-4-16(13)21/h1-8,10-11H,9H2. The lowest BCUT2D eigenvalue weighted by molar-refractivity contribution is 0.595. The molecule has 4 aromatic rings. The minimum atomic E-state index is -0.326. The van der Waals surface area contributed by atoms with Crippen LogP contribution in [0.5, 0.6) is 0 Å². The summed E-state index contributed by atoms with van der Waals surface area (Å²) in [5.41, 5.74) is 2.11. The average Bonchev–Trinajstić information content (AvgIpc) is 3.05. The molecule has 25 heavy (non-hydrogen) atoms. The van der Waals surface area contributed by atoms with E-state index in [1.807, 2.05) is 29.6 Å². The van der Waals surface area contributed by atoms with Gasteiger partial charge in [-0.2, -0.15) is 0 Å². The van der Waals surface area contributed by atoms with Gasteiger partial charge in [-0.05, 0) is 23.8 Å². The maximum absolute atomic E-state index is 13.9. The summed E-state index contributed by atoms with van der Waals surface area (Å²) in [7, 11) is 0. The second-order valence-electron chi connectivity index (χ2n) is 5.61. The van der Waals surface area contributed by atoms with E-state index in [1.54, 1.807) is 18.2 Å². The van der Waals surface area contributed by atoms with Crippen LogP contribution in [0.1, 0.15) is 5.56 Å². The molecule has 0 spiro atoms. The van der Waals surface area contributed by atoms with Gasteiger partial charge in [0.05, 0.1) is 18.3 Å². The van der Waals surface area contributed by atoms with Crippen molar-refractivity contribution in [1.82, 2.24) is 9.55 Å². The van der Waals surface area contributed by atoms with Gasteiger partial charge in [-0.1, -0.05) is 46.3 Å². The van der Waals surface area contributed by atoms with E-state index in [0.717, 1.165) is 15.6 Å². The van der Waals surface area contributed by atoms with Crippen molar-refractivity contribution in [1.29, 1.82) is 0 Å². The Bertz CT molecular complexity index is 1120. The van der Waals surface area contributed by atoms with Crippen LogP contribution < -0.4 is 5.56 Å². The van der Waals surface area contributed by atoms with E-state index in [1.165, 1.54) is 28.3 Å². The molecule has 3 nitrogen and oxygen atoms in total. The first kappa shape index (κ1) is 16.2. The highest BCUT2D eigenvalue weighted by Crippen LogP contribution is 2.31. The Kier molecular flexibility index (Phi) is 4.23. The maximum atomic E-state index is 13.9. The molecule has 0 aliphatic rings. The van der Waals surface area contributed by atoms with Gasteiger partial charge in [0.15, 0.2) is 0 Å². The molecule has 0 radical (unpaired) electrons. The first-order chi connectivity index (χ1) is 12.1. The Morgan fingerprint density at radius 3 is 2.64 bits per heavy atom. The van der Waals surface area contributed by atoms with Crippen molar-refractivity contribution in [3.63, 3.8) is 0 Å². The Balaban J connectivity index is 1.85. The Hall–Kier alpha value is -2.31. The van der Waals surface area contributed by atoms with E-state index in [0.29, 0.717) is 15.8 Å². The number of rotatable bonds is 3. The van der Waals surface area contributed by atoms with E-state index in [-0.39, 0.29) is 17.9 Å². The lowest BCUT2D eigenvalue weighted by Crippen LogP contribution is -2.21. The Morgan fingerprint density at radius 1 is 1.12 bits per heavy atom. The summed E-state index contributed by atoms with van der Waals surface area (Å²) >= 11 is 4.85. The fourth-order valence-electron chi connectivity index (χ4n) is 2.73. The van der Waals surface area contributed by atoms with Crippen molar-refractivity contribution >= 4 is 37.5 Å². The van der Waals surface area contributed by atoms with E-state index in [2.05, 4.69) is 20.9 Å². The molecule has 0 aliphatic heterocycles. The predicted octanol–water partition coefficient (Wildman–Crippen LogP) is 5.07. The number of hydrogen-bond donors (Lipinski definition) is 0. The van der Waals surface area contributed by atoms with Crippen molar-refractivity contribution in [2.45, 2.75) is 6.54 Å². The lowest BCUT2D eigenvalue weighted by atomic mass is 10.1. The molecule has 0 atom stereocenters. The summed E-state index contributed by atoms with van der Waals surface area (Å²) in [6, 6.07) is 14.2. The highest BCUT2D eigenvalue weighted by Gasteiger charge is 2.14. The number of aromatic nitrogens is 2. The third-order valence-corrected chi connectivity index (χ3v) is 5.43. The quantitative estimate of drug-likeness (QED) is 0.468. The third-order valence-electron chi connectivity index (χ3n) is 4.01. The molecule has 0 fully saturated rings. The van der Waals surface area contributed by atoms with Gasteiger partial charge in [0.25, 0.3) is 5.56 Å². The number of fused-ring (bicyclic) bond motifs is 1. The molecule has 2 aromatic heterocycles. The monoisotopic (exact) mass is 414 g/mol. The van der Waals surface area contributed by atoms with Crippen molar-refractivity contribution in [3.8, 4) is 11.1 Å². The molecule has 6 heteroatoms. The van der Waals surface area contributed by atoms with E-state index in [4.69, 9.17) is 0 Å². The molecular weight excluding hydrogens is 403 g/mol. The normalized spacial score (nSPS) is 11.1. The van der Waals surface area contributed by atoms with E-state index >= 15 is 0 Å². The van der Waals surface area contributed by atoms with Crippen molar-refractivity contribution in [2.24, 2.45) is 0 Å². The summed E-state index contributed by atoms with van der Waals surface area (Å²) in [5.74, 6) is -0.326. The van der Waals surface area contributed by atoms with Crippen LogP contribution in [-0.2, 0) is 6.54 Å². The predicted molar refractivity (Wildman–Crippen MR) is 103 cm³/mol. The van der Waals surface area contributed by atoms with Crippen LogP contribution in [0, 0.1) is 5.82 Å². The number of nitrogens with zero attached hydrogens (tertiary/aromatic N) is 2. The zero-order valence-corrected chi connectivity index (χ0v) is 15.3. The Morgan fingerprint density at radius 2 is 1.88 bits per heavy atom. The maximum Gasteiger partial charge on any atom is 0.263 e. The third kappa shape index (κ3) is 3.03. The fourth-order valence-corrected chi connectivity index (χ4v) is 3.90. The van der Waals surface area contributed by atoms with Crippen LogP contribution in [0.3, 0.4) is 0 Å². The molecule has 0 aliphatic carbocycles. The highest BCUT2D eigenvalue weighted by atomic mass is 79.9.